The molecule has 3 heterocycles. The quantitative estimate of drug-likeness (QED) is 0.406. The summed E-state index contributed by atoms with van der Waals surface area (Å²) in [7, 11) is 0. The van der Waals surface area contributed by atoms with Crippen molar-refractivity contribution < 1.29 is 9.21 Å². The number of para-hydroxylation sites is 1. The van der Waals surface area contributed by atoms with Gasteiger partial charge in [-0.25, -0.2) is 19.3 Å². The van der Waals surface area contributed by atoms with Crippen LogP contribution in [0.5, 0.6) is 0 Å². The van der Waals surface area contributed by atoms with Crippen LogP contribution in [0.15, 0.2) is 84.1 Å². The number of urea groups is 1. The van der Waals surface area contributed by atoms with E-state index in [2.05, 4.69) is 25.7 Å². The summed E-state index contributed by atoms with van der Waals surface area (Å²) in [4.78, 5) is 20.4. The van der Waals surface area contributed by atoms with Gasteiger partial charge < -0.3 is 20.8 Å². The zero-order valence-electron chi connectivity index (χ0n) is 16.2. The predicted molar refractivity (Wildman–Crippen MR) is 117 cm³/mol. The van der Waals surface area contributed by atoms with Crippen molar-refractivity contribution in [2.24, 2.45) is 0 Å². The van der Waals surface area contributed by atoms with E-state index in [0.717, 1.165) is 16.7 Å². The van der Waals surface area contributed by atoms with Crippen molar-refractivity contribution in [2.75, 3.05) is 16.4 Å². The summed E-state index contributed by atoms with van der Waals surface area (Å²) in [6.07, 6.45) is 6.22. The Labute approximate surface area is 176 Å². The second-order valence-corrected chi connectivity index (χ2v) is 6.74. The molecule has 5 aromatic rings. The third-order valence-corrected chi connectivity index (χ3v) is 4.76. The summed E-state index contributed by atoms with van der Waals surface area (Å²) < 4.78 is 7.17. The number of rotatable bonds is 4. The molecule has 0 unspecified atom stereocenters. The zero-order valence-corrected chi connectivity index (χ0v) is 16.2. The maximum Gasteiger partial charge on any atom is 0.323 e. The van der Waals surface area contributed by atoms with Crippen LogP contribution in [0, 0.1) is 0 Å². The Morgan fingerprint density at radius 1 is 1.00 bits per heavy atom. The van der Waals surface area contributed by atoms with Crippen LogP contribution in [0.1, 0.15) is 0 Å². The number of anilines is 3. The van der Waals surface area contributed by atoms with Gasteiger partial charge >= 0.3 is 6.03 Å². The molecule has 0 atom stereocenters. The highest BCUT2D eigenvalue weighted by Gasteiger charge is 2.19. The van der Waals surface area contributed by atoms with Crippen molar-refractivity contribution in [1.29, 1.82) is 0 Å². The number of nitrogens with two attached hydrogens (primary N) is 1. The summed E-state index contributed by atoms with van der Waals surface area (Å²) in [5, 5.41) is 9.86. The van der Waals surface area contributed by atoms with Crippen LogP contribution in [-0.2, 0) is 0 Å². The first-order valence-electron chi connectivity index (χ1n) is 9.43. The molecule has 0 radical (unpaired) electrons. The number of aromatic nitrogens is 4. The lowest BCUT2D eigenvalue weighted by Crippen LogP contribution is -2.19. The number of amides is 2. The molecule has 0 spiro atoms. The summed E-state index contributed by atoms with van der Waals surface area (Å²) in [5.41, 5.74) is 10.6. The van der Waals surface area contributed by atoms with Gasteiger partial charge in [-0.1, -0.05) is 30.3 Å². The average molecular weight is 411 g/mol. The second-order valence-electron chi connectivity index (χ2n) is 6.74. The molecular weight excluding hydrogens is 394 g/mol. The highest BCUT2D eigenvalue weighted by molar-refractivity contribution is 6.01. The molecule has 0 fully saturated rings. The van der Waals surface area contributed by atoms with Crippen molar-refractivity contribution in [1.82, 2.24) is 19.6 Å². The Balaban J connectivity index is 1.47. The fourth-order valence-corrected chi connectivity index (χ4v) is 3.40. The Morgan fingerprint density at radius 2 is 1.74 bits per heavy atom. The summed E-state index contributed by atoms with van der Waals surface area (Å²) in [6.45, 7) is 0. The zero-order chi connectivity index (χ0) is 21.2. The van der Waals surface area contributed by atoms with Crippen molar-refractivity contribution in [2.45, 2.75) is 0 Å². The number of hydrogen-bond donors (Lipinski definition) is 3. The highest BCUT2D eigenvalue weighted by atomic mass is 16.3. The van der Waals surface area contributed by atoms with E-state index in [4.69, 9.17) is 10.2 Å². The minimum Gasteiger partial charge on any atom is -0.443 e. The van der Waals surface area contributed by atoms with E-state index < -0.39 is 0 Å². The van der Waals surface area contributed by atoms with Crippen LogP contribution >= 0.6 is 0 Å². The fourth-order valence-electron chi connectivity index (χ4n) is 3.40. The summed E-state index contributed by atoms with van der Waals surface area (Å²) in [5.74, 6) is 0.935. The van der Waals surface area contributed by atoms with Crippen molar-refractivity contribution in [3.8, 4) is 22.5 Å². The van der Waals surface area contributed by atoms with Crippen molar-refractivity contribution >= 4 is 28.7 Å². The van der Waals surface area contributed by atoms with E-state index in [1.165, 1.54) is 12.7 Å². The van der Waals surface area contributed by atoms with E-state index in [9.17, 15) is 4.79 Å². The minimum atomic E-state index is -0.326. The number of nitrogen functional groups attached to an aromatic ring is 1. The number of fused-ring (bicyclic) bond motifs is 1. The minimum absolute atomic E-state index is 0.326. The largest absolute Gasteiger partial charge is 0.443 e. The highest BCUT2D eigenvalue weighted by Crippen LogP contribution is 2.38. The Kier molecular flexibility index (Phi) is 4.53. The topological polar surface area (TPSA) is 123 Å². The first-order chi connectivity index (χ1) is 15.2. The fraction of sp³-hybridized carbons (Fsp3) is 0. The third-order valence-electron chi connectivity index (χ3n) is 4.76. The summed E-state index contributed by atoms with van der Waals surface area (Å²) in [6, 6.07) is 16.3. The van der Waals surface area contributed by atoms with Gasteiger partial charge in [0.25, 0.3) is 0 Å². The van der Waals surface area contributed by atoms with E-state index in [1.54, 1.807) is 10.7 Å². The molecule has 0 aliphatic carbocycles. The van der Waals surface area contributed by atoms with Gasteiger partial charge in [0.15, 0.2) is 18.0 Å². The van der Waals surface area contributed by atoms with Crippen LogP contribution in [0.25, 0.3) is 28.0 Å². The van der Waals surface area contributed by atoms with Gasteiger partial charge in [0.2, 0.25) is 0 Å². The van der Waals surface area contributed by atoms with E-state index in [0.29, 0.717) is 28.5 Å². The van der Waals surface area contributed by atoms with Gasteiger partial charge in [-0.3, -0.25) is 0 Å². The number of carbonyl (C=O) groups excluding carboxylic acids is 1. The number of carbonyl (C=O) groups is 1. The van der Waals surface area contributed by atoms with Crippen LogP contribution in [0.4, 0.5) is 22.0 Å². The summed E-state index contributed by atoms with van der Waals surface area (Å²) >= 11 is 0. The number of oxazole rings is 1. The van der Waals surface area contributed by atoms with Crippen LogP contribution < -0.4 is 16.4 Å². The number of nitrogens with zero attached hydrogens (tertiary/aromatic N) is 4. The first-order valence-corrected chi connectivity index (χ1v) is 9.43. The standard InChI is InChI=1S/C22H17N7O2/c23-21-20-19(17(18-10-24-13-31-18)11-29(20)26-12-25-21)14-6-8-16(9-7-14)28-22(30)27-15-4-2-1-3-5-15/h1-13H,(H2,23,25,26)(H2,27,28,30). The van der Waals surface area contributed by atoms with Gasteiger partial charge in [-0.05, 0) is 29.8 Å². The molecule has 0 saturated heterocycles. The van der Waals surface area contributed by atoms with Gasteiger partial charge in [-0.2, -0.15) is 5.10 Å². The van der Waals surface area contributed by atoms with Crippen molar-refractivity contribution in [3.63, 3.8) is 0 Å². The SMILES string of the molecule is Nc1ncnn2cc(-c3cnco3)c(-c3ccc(NC(=O)Nc4ccccc4)cc3)c12. The van der Waals surface area contributed by atoms with Gasteiger partial charge in [0.1, 0.15) is 11.8 Å². The van der Waals surface area contributed by atoms with E-state index in [-0.39, 0.29) is 6.03 Å². The molecule has 0 bridgehead atoms. The first kappa shape index (κ1) is 18.4. The molecule has 9 nitrogen and oxygen atoms in total. The third kappa shape index (κ3) is 3.55. The normalized spacial score (nSPS) is 10.8. The molecule has 2 amide bonds. The molecule has 5 rings (SSSR count). The van der Waals surface area contributed by atoms with Crippen LogP contribution in [0.3, 0.4) is 0 Å². The van der Waals surface area contributed by atoms with Gasteiger partial charge in [-0.15, -0.1) is 0 Å². The molecule has 4 N–H and O–H groups in total. The molecule has 3 aromatic heterocycles. The lowest BCUT2D eigenvalue weighted by molar-refractivity contribution is 0.262. The number of nitrogens with one attached hydrogen (secondary N) is 2. The molecule has 0 aliphatic rings. The van der Waals surface area contributed by atoms with E-state index >= 15 is 0 Å². The molecule has 0 aliphatic heterocycles. The van der Waals surface area contributed by atoms with E-state index in [1.807, 2.05) is 60.8 Å². The van der Waals surface area contributed by atoms with Gasteiger partial charge in [0, 0.05) is 28.7 Å². The molecular formula is C22H17N7O2. The molecule has 2 aromatic carbocycles. The lowest BCUT2D eigenvalue weighted by atomic mass is 10.0. The smallest absolute Gasteiger partial charge is 0.323 e. The molecule has 152 valence electrons. The lowest BCUT2D eigenvalue weighted by Gasteiger charge is -2.09. The number of benzene rings is 2. The maximum absolute atomic E-state index is 12.2. The van der Waals surface area contributed by atoms with Crippen LogP contribution in [-0.4, -0.2) is 25.6 Å². The molecule has 9 heteroatoms. The average Bonchev–Trinajstić information content (AvgIpc) is 3.43. The van der Waals surface area contributed by atoms with Crippen molar-refractivity contribution in [3.05, 3.63) is 79.7 Å². The monoisotopic (exact) mass is 411 g/mol. The Hall–Kier alpha value is -4.66. The van der Waals surface area contributed by atoms with Crippen LogP contribution in [0.2, 0.25) is 0 Å². The Morgan fingerprint density at radius 3 is 2.45 bits per heavy atom. The number of hydrogen-bond acceptors (Lipinski definition) is 6. The molecule has 0 saturated carbocycles. The predicted octanol–water partition coefficient (Wildman–Crippen LogP) is 4.28. The van der Waals surface area contributed by atoms with Gasteiger partial charge in [0.05, 0.1) is 6.20 Å². The Bertz CT molecular complexity index is 1340. The maximum atomic E-state index is 12.2. The molecule has 31 heavy (non-hydrogen) atoms. The second kappa shape index (κ2) is 7.64.